The molecular weight excluding hydrogens is 161 g/mol. The van der Waals surface area contributed by atoms with Gasteiger partial charge >= 0.3 is 0 Å². The molecule has 0 aliphatic rings. The zero-order valence-electron chi connectivity index (χ0n) is 6.37. The van der Waals surface area contributed by atoms with Gasteiger partial charge in [-0.25, -0.2) is 4.39 Å². The molecule has 0 fully saturated rings. The SMILES string of the molecule is NCC(O)c1ccc(O)c(F)c1. The number of aromatic hydroxyl groups is 1. The van der Waals surface area contributed by atoms with Crippen molar-refractivity contribution in [3.63, 3.8) is 0 Å². The van der Waals surface area contributed by atoms with Crippen LogP contribution in [-0.4, -0.2) is 16.8 Å². The van der Waals surface area contributed by atoms with Crippen molar-refractivity contribution >= 4 is 0 Å². The number of aliphatic hydroxyl groups is 1. The number of phenols is 1. The summed E-state index contributed by atoms with van der Waals surface area (Å²) in [7, 11) is 0. The average molecular weight is 171 g/mol. The van der Waals surface area contributed by atoms with E-state index in [4.69, 9.17) is 10.8 Å². The Balaban J connectivity index is 2.96. The third kappa shape index (κ3) is 1.72. The van der Waals surface area contributed by atoms with Gasteiger partial charge in [-0.15, -0.1) is 0 Å². The van der Waals surface area contributed by atoms with Crippen LogP contribution < -0.4 is 5.73 Å². The first kappa shape index (κ1) is 8.96. The lowest BCUT2D eigenvalue weighted by Crippen LogP contribution is -2.11. The Labute approximate surface area is 69.3 Å². The topological polar surface area (TPSA) is 66.5 Å². The molecule has 4 N–H and O–H groups in total. The van der Waals surface area contributed by atoms with Crippen molar-refractivity contribution in [2.45, 2.75) is 6.10 Å². The summed E-state index contributed by atoms with van der Waals surface area (Å²) in [4.78, 5) is 0. The number of rotatable bonds is 2. The molecule has 1 unspecified atom stereocenters. The Hall–Kier alpha value is -1.13. The molecule has 1 rings (SSSR count). The second-order valence-electron chi connectivity index (χ2n) is 2.46. The van der Waals surface area contributed by atoms with Crippen molar-refractivity contribution in [1.82, 2.24) is 0 Å². The Kier molecular flexibility index (Phi) is 2.62. The molecule has 0 aromatic heterocycles. The van der Waals surface area contributed by atoms with E-state index in [0.29, 0.717) is 5.56 Å². The van der Waals surface area contributed by atoms with Gasteiger partial charge in [0.15, 0.2) is 11.6 Å². The van der Waals surface area contributed by atoms with Crippen molar-refractivity contribution < 1.29 is 14.6 Å². The maximum absolute atomic E-state index is 12.7. The summed E-state index contributed by atoms with van der Waals surface area (Å²) < 4.78 is 12.7. The van der Waals surface area contributed by atoms with E-state index in [-0.39, 0.29) is 6.54 Å². The number of hydrogen-bond acceptors (Lipinski definition) is 3. The smallest absolute Gasteiger partial charge is 0.165 e. The minimum absolute atomic E-state index is 0.0320. The number of hydrogen-bond donors (Lipinski definition) is 3. The fourth-order valence-corrected chi connectivity index (χ4v) is 0.867. The summed E-state index contributed by atoms with van der Waals surface area (Å²) in [6.45, 7) is 0.0320. The number of aliphatic hydroxyl groups excluding tert-OH is 1. The Morgan fingerprint density at radius 2 is 2.17 bits per heavy atom. The lowest BCUT2D eigenvalue weighted by molar-refractivity contribution is 0.186. The van der Waals surface area contributed by atoms with E-state index < -0.39 is 17.7 Å². The first-order valence-electron chi connectivity index (χ1n) is 3.51. The molecule has 66 valence electrons. The third-order valence-corrected chi connectivity index (χ3v) is 1.58. The quantitative estimate of drug-likeness (QED) is 0.607. The predicted molar refractivity (Wildman–Crippen MR) is 42.1 cm³/mol. The fraction of sp³-hybridized carbons (Fsp3) is 0.250. The lowest BCUT2D eigenvalue weighted by Gasteiger charge is -2.07. The molecular formula is C8H10FNO2. The first-order valence-corrected chi connectivity index (χ1v) is 3.51. The highest BCUT2D eigenvalue weighted by Crippen LogP contribution is 2.19. The molecule has 3 nitrogen and oxygen atoms in total. The van der Waals surface area contributed by atoms with Gasteiger partial charge in [-0.3, -0.25) is 0 Å². The number of benzene rings is 1. The zero-order valence-corrected chi connectivity index (χ0v) is 6.37. The van der Waals surface area contributed by atoms with Crippen LogP contribution in [0.3, 0.4) is 0 Å². The third-order valence-electron chi connectivity index (χ3n) is 1.58. The van der Waals surface area contributed by atoms with Crippen LogP contribution in [0.25, 0.3) is 0 Å². The maximum atomic E-state index is 12.7. The van der Waals surface area contributed by atoms with E-state index in [2.05, 4.69) is 0 Å². The van der Waals surface area contributed by atoms with Crippen LogP contribution in [0.4, 0.5) is 4.39 Å². The molecule has 0 aliphatic carbocycles. The second-order valence-corrected chi connectivity index (χ2v) is 2.46. The summed E-state index contributed by atoms with van der Waals surface area (Å²) in [5, 5.41) is 18.0. The summed E-state index contributed by atoms with van der Waals surface area (Å²) in [6, 6.07) is 3.67. The van der Waals surface area contributed by atoms with Crippen LogP contribution in [0.15, 0.2) is 18.2 Å². The number of phenolic OH excluding ortho intramolecular Hbond substituents is 1. The highest BCUT2D eigenvalue weighted by Gasteiger charge is 2.07. The molecule has 0 heterocycles. The van der Waals surface area contributed by atoms with Gasteiger partial charge in [0.25, 0.3) is 0 Å². The first-order chi connectivity index (χ1) is 5.65. The summed E-state index contributed by atoms with van der Waals surface area (Å²) in [5.41, 5.74) is 5.53. The van der Waals surface area contributed by atoms with Crippen LogP contribution in [0.1, 0.15) is 11.7 Å². The Morgan fingerprint density at radius 1 is 1.50 bits per heavy atom. The van der Waals surface area contributed by atoms with Crippen LogP contribution in [-0.2, 0) is 0 Å². The largest absolute Gasteiger partial charge is 0.505 e. The molecule has 1 aromatic carbocycles. The zero-order chi connectivity index (χ0) is 9.14. The molecule has 12 heavy (non-hydrogen) atoms. The molecule has 0 saturated carbocycles. The van der Waals surface area contributed by atoms with E-state index in [1.807, 2.05) is 0 Å². The molecule has 0 amide bonds. The fourth-order valence-electron chi connectivity index (χ4n) is 0.867. The summed E-state index contributed by atoms with van der Waals surface area (Å²) in [6.07, 6.45) is -0.875. The molecule has 0 radical (unpaired) electrons. The Morgan fingerprint density at radius 3 is 2.67 bits per heavy atom. The van der Waals surface area contributed by atoms with Crippen LogP contribution >= 0.6 is 0 Å². The van der Waals surface area contributed by atoms with Gasteiger partial charge in [0, 0.05) is 6.54 Å². The van der Waals surface area contributed by atoms with Gasteiger partial charge in [-0.1, -0.05) is 6.07 Å². The highest BCUT2D eigenvalue weighted by atomic mass is 19.1. The van der Waals surface area contributed by atoms with Crippen molar-refractivity contribution in [3.05, 3.63) is 29.6 Å². The predicted octanol–water partition coefficient (Wildman–Crippen LogP) is 0.523. The van der Waals surface area contributed by atoms with Crippen molar-refractivity contribution in [2.24, 2.45) is 5.73 Å². The lowest BCUT2D eigenvalue weighted by atomic mass is 10.1. The molecule has 0 aliphatic heterocycles. The van der Waals surface area contributed by atoms with E-state index in [1.54, 1.807) is 0 Å². The van der Waals surface area contributed by atoms with Crippen molar-refractivity contribution in [2.75, 3.05) is 6.54 Å². The molecule has 1 atom stereocenters. The Bertz CT molecular complexity index is 278. The highest BCUT2D eigenvalue weighted by molar-refractivity contribution is 5.29. The van der Waals surface area contributed by atoms with Gasteiger partial charge in [-0.05, 0) is 17.7 Å². The molecule has 0 bridgehead atoms. The van der Waals surface area contributed by atoms with Crippen LogP contribution in [0.2, 0.25) is 0 Å². The standard InChI is InChI=1S/C8H10FNO2/c9-6-3-5(8(12)4-10)1-2-7(6)11/h1-3,8,11-12H,4,10H2. The molecule has 0 saturated heterocycles. The van der Waals surface area contributed by atoms with Gasteiger partial charge in [0.1, 0.15) is 0 Å². The minimum atomic E-state index is -0.875. The van der Waals surface area contributed by atoms with Crippen LogP contribution in [0.5, 0.6) is 5.75 Å². The van der Waals surface area contributed by atoms with Gasteiger partial charge in [0.2, 0.25) is 0 Å². The summed E-state index contributed by atoms with van der Waals surface area (Å²) in [5.74, 6) is -1.18. The van der Waals surface area contributed by atoms with Crippen LogP contribution in [0, 0.1) is 5.82 Å². The van der Waals surface area contributed by atoms with Gasteiger partial charge in [-0.2, -0.15) is 0 Å². The average Bonchev–Trinajstić information content (AvgIpc) is 2.08. The van der Waals surface area contributed by atoms with E-state index >= 15 is 0 Å². The van der Waals surface area contributed by atoms with E-state index in [0.717, 1.165) is 6.07 Å². The summed E-state index contributed by atoms with van der Waals surface area (Å²) >= 11 is 0. The van der Waals surface area contributed by atoms with Crippen molar-refractivity contribution in [1.29, 1.82) is 0 Å². The molecule has 4 heteroatoms. The van der Waals surface area contributed by atoms with Crippen molar-refractivity contribution in [3.8, 4) is 5.75 Å². The number of halogens is 1. The second kappa shape index (κ2) is 3.51. The molecule has 0 spiro atoms. The monoisotopic (exact) mass is 171 g/mol. The normalized spacial score (nSPS) is 12.9. The van der Waals surface area contributed by atoms with E-state index in [1.165, 1.54) is 12.1 Å². The maximum Gasteiger partial charge on any atom is 0.165 e. The van der Waals surface area contributed by atoms with Gasteiger partial charge in [0.05, 0.1) is 6.10 Å². The number of nitrogens with two attached hydrogens (primary N) is 1. The molecule has 1 aromatic rings. The minimum Gasteiger partial charge on any atom is -0.505 e. The van der Waals surface area contributed by atoms with Gasteiger partial charge < -0.3 is 15.9 Å². The van der Waals surface area contributed by atoms with E-state index in [9.17, 15) is 9.50 Å².